The maximum atomic E-state index is 12.7. The van der Waals surface area contributed by atoms with Crippen LogP contribution < -0.4 is 0 Å². The first-order valence-corrected chi connectivity index (χ1v) is 6.89. The van der Waals surface area contributed by atoms with Crippen molar-refractivity contribution in [1.29, 1.82) is 0 Å². The molecule has 0 aromatic heterocycles. The Balaban J connectivity index is 1.80. The van der Waals surface area contributed by atoms with Crippen molar-refractivity contribution in [3.8, 4) is 5.75 Å². The predicted octanol–water partition coefficient (Wildman–Crippen LogP) is 3.11. The number of ketones is 1. The minimum absolute atomic E-state index is 0.159. The molecule has 1 saturated carbocycles. The van der Waals surface area contributed by atoms with E-state index in [2.05, 4.69) is 18.2 Å². The molecule has 0 radical (unpaired) electrons. The molecule has 0 amide bonds. The van der Waals surface area contributed by atoms with E-state index in [1.807, 2.05) is 13.0 Å². The number of rotatable bonds is 1. The Labute approximate surface area is 112 Å². The van der Waals surface area contributed by atoms with Crippen LogP contribution in [-0.4, -0.2) is 10.9 Å². The van der Waals surface area contributed by atoms with Crippen molar-refractivity contribution in [3.63, 3.8) is 0 Å². The van der Waals surface area contributed by atoms with Crippen molar-refractivity contribution >= 4 is 11.4 Å². The summed E-state index contributed by atoms with van der Waals surface area (Å²) >= 11 is 0. The standard InChI is InChI=1S/C17H16O2/c1-9-2-5-12(18)7-13(9)15-8-14-10-3-4-11(6-10)16(14)17(15)19/h2-5,7-8,10-11,14,16,18H,6H2,1H3. The van der Waals surface area contributed by atoms with Crippen molar-refractivity contribution in [2.24, 2.45) is 23.7 Å². The monoisotopic (exact) mass is 252 g/mol. The van der Waals surface area contributed by atoms with Crippen molar-refractivity contribution in [3.05, 3.63) is 47.6 Å². The molecular formula is C17H16O2. The normalized spacial score (nSPS) is 34.8. The topological polar surface area (TPSA) is 37.3 Å². The van der Waals surface area contributed by atoms with Gasteiger partial charge in [-0.3, -0.25) is 4.79 Å². The highest BCUT2D eigenvalue weighted by Gasteiger charge is 2.51. The highest BCUT2D eigenvalue weighted by atomic mass is 16.3. The third-order valence-electron chi connectivity index (χ3n) is 4.96. The van der Waals surface area contributed by atoms with Crippen LogP contribution in [0.5, 0.6) is 5.75 Å². The zero-order chi connectivity index (χ0) is 13.1. The van der Waals surface area contributed by atoms with E-state index in [9.17, 15) is 9.90 Å². The quantitative estimate of drug-likeness (QED) is 0.780. The Bertz CT molecular complexity index is 639. The van der Waals surface area contributed by atoms with E-state index in [0.29, 0.717) is 17.8 Å². The molecule has 0 saturated heterocycles. The summed E-state index contributed by atoms with van der Waals surface area (Å²) in [6.07, 6.45) is 7.79. The second-order valence-corrected chi connectivity index (χ2v) is 6.00. The second kappa shape index (κ2) is 3.60. The van der Waals surface area contributed by atoms with E-state index in [1.165, 1.54) is 0 Å². The number of benzene rings is 1. The smallest absolute Gasteiger partial charge is 0.167 e. The maximum Gasteiger partial charge on any atom is 0.167 e. The van der Waals surface area contributed by atoms with Gasteiger partial charge in [0.05, 0.1) is 0 Å². The number of carbonyl (C=O) groups is 1. The Morgan fingerprint density at radius 3 is 2.79 bits per heavy atom. The van der Waals surface area contributed by atoms with Gasteiger partial charge in [-0.25, -0.2) is 0 Å². The number of aryl methyl sites for hydroxylation is 1. The molecule has 2 heteroatoms. The minimum Gasteiger partial charge on any atom is -0.508 e. The molecule has 1 fully saturated rings. The van der Waals surface area contributed by atoms with Crippen molar-refractivity contribution in [2.75, 3.05) is 0 Å². The molecule has 0 spiro atoms. The van der Waals surface area contributed by atoms with Crippen molar-refractivity contribution in [1.82, 2.24) is 0 Å². The van der Waals surface area contributed by atoms with Gasteiger partial charge < -0.3 is 5.11 Å². The Kier molecular flexibility index (Phi) is 2.09. The van der Waals surface area contributed by atoms with Gasteiger partial charge in [0.25, 0.3) is 0 Å². The van der Waals surface area contributed by atoms with Gasteiger partial charge >= 0.3 is 0 Å². The van der Waals surface area contributed by atoms with E-state index < -0.39 is 0 Å². The van der Waals surface area contributed by atoms with E-state index in [0.717, 1.165) is 23.1 Å². The molecule has 3 aliphatic rings. The molecule has 1 aromatic carbocycles. The van der Waals surface area contributed by atoms with Crippen LogP contribution >= 0.6 is 0 Å². The van der Waals surface area contributed by atoms with Gasteiger partial charge in [-0.15, -0.1) is 0 Å². The summed E-state index contributed by atoms with van der Waals surface area (Å²) in [4.78, 5) is 12.7. The van der Waals surface area contributed by atoms with E-state index in [4.69, 9.17) is 0 Å². The zero-order valence-corrected chi connectivity index (χ0v) is 10.8. The van der Waals surface area contributed by atoms with Crippen LogP contribution in [-0.2, 0) is 4.79 Å². The molecule has 1 aromatic rings. The molecular weight excluding hydrogens is 236 g/mol. The van der Waals surface area contributed by atoms with Gasteiger partial charge in [-0.2, -0.15) is 0 Å². The lowest BCUT2D eigenvalue weighted by Gasteiger charge is -2.18. The summed E-state index contributed by atoms with van der Waals surface area (Å²) in [6.45, 7) is 1.99. The predicted molar refractivity (Wildman–Crippen MR) is 73.5 cm³/mol. The number of phenols is 1. The number of fused-ring (bicyclic) bond motifs is 5. The van der Waals surface area contributed by atoms with Crippen LogP contribution in [0.3, 0.4) is 0 Å². The zero-order valence-electron chi connectivity index (χ0n) is 10.8. The highest BCUT2D eigenvalue weighted by Crippen LogP contribution is 2.54. The molecule has 2 nitrogen and oxygen atoms in total. The van der Waals surface area contributed by atoms with Gasteiger partial charge in [0.1, 0.15) is 5.75 Å². The summed E-state index contributed by atoms with van der Waals surface area (Å²) in [5.74, 6) is 2.04. The third kappa shape index (κ3) is 1.40. The first-order chi connectivity index (χ1) is 9.15. The molecule has 3 aliphatic carbocycles. The minimum atomic E-state index is 0.159. The largest absolute Gasteiger partial charge is 0.508 e. The fourth-order valence-corrected chi connectivity index (χ4v) is 4.03. The number of phenolic OH excluding ortho intramolecular Hbond substituents is 1. The maximum absolute atomic E-state index is 12.7. The molecule has 2 bridgehead atoms. The fourth-order valence-electron chi connectivity index (χ4n) is 4.03. The average Bonchev–Trinajstić information content (AvgIpc) is 3.05. The average molecular weight is 252 g/mol. The third-order valence-corrected chi connectivity index (χ3v) is 4.96. The number of carbonyl (C=O) groups excluding carboxylic acids is 1. The van der Waals surface area contributed by atoms with E-state index in [1.54, 1.807) is 12.1 Å². The first-order valence-electron chi connectivity index (χ1n) is 6.89. The molecule has 4 rings (SSSR count). The number of aromatic hydroxyl groups is 1. The summed E-state index contributed by atoms with van der Waals surface area (Å²) in [7, 11) is 0. The first kappa shape index (κ1) is 11.0. The molecule has 96 valence electrons. The van der Waals surface area contributed by atoms with Crippen LogP contribution in [0.25, 0.3) is 5.57 Å². The van der Waals surface area contributed by atoms with Crippen molar-refractivity contribution in [2.45, 2.75) is 13.3 Å². The van der Waals surface area contributed by atoms with Crippen LogP contribution in [0, 0.1) is 30.6 Å². The SMILES string of the molecule is Cc1ccc(O)cc1C1=CC2C3C=CC(C3)C2C1=O. The lowest BCUT2D eigenvalue weighted by atomic mass is 9.84. The molecule has 19 heavy (non-hydrogen) atoms. The van der Waals surface area contributed by atoms with Gasteiger partial charge in [-0.05, 0) is 54.4 Å². The molecule has 4 atom stereocenters. The van der Waals surface area contributed by atoms with Crippen LogP contribution in [0.15, 0.2) is 36.4 Å². The highest BCUT2D eigenvalue weighted by molar-refractivity contribution is 6.24. The van der Waals surface area contributed by atoms with E-state index in [-0.39, 0.29) is 17.5 Å². The summed E-state index contributed by atoms with van der Waals surface area (Å²) in [5, 5.41) is 9.65. The van der Waals surface area contributed by atoms with Crippen LogP contribution in [0.1, 0.15) is 17.5 Å². The summed E-state index contributed by atoms with van der Waals surface area (Å²) in [6, 6.07) is 5.26. The van der Waals surface area contributed by atoms with Gasteiger partial charge in [0.2, 0.25) is 0 Å². The number of allylic oxidation sites excluding steroid dienone is 4. The van der Waals surface area contributed by atoms with Crippen LogP contribution in [0.4, 0.5) is 0 Å². The molecule has 4 unspecified atom stereocenters. The number of Topliss-reactive ketones (excluding diaryl/α,β-unsaturated/α-hetero) is 1. The van der Waals surface area contributed by atoms with Gasteiger partial charge in [0, 0.05) is 11.5 Å². The molecule has 0 heterocycles. The Morgan fingerprint density at radius 2 is 2.00 bits per heavy atom. The Hall–Kier alpha value is -1.83. The lowest BCUT2D eigenvalue weighted by molar-refractivity contribution is -0.117. The second-order valence-electron chi connectivity index (χ2n) is 6.00. The Morgan fingerprint density at radius 1 is 1.21 bits per heavy atom. The summed E-state index contributed by atoms with van der Waals surface area (Å²) < 4.78 is 0. The number of hydrogen-bond donors (Lipinski definition) is 1. The molecule has 0 aliphatic heterocycles. The van der Waals surface area contributed by atoms with Gasteiger partial charge in [-0.1, -0.05) is 24.3 Å². The van der Waals surface area contributed by atoms with Crippen LogP contribution in [0.2, 0.25) is 0 Å². The molecule has 1 N–H and O–H groups in total. The lowest BCUT2D eigenvalue weighted by Crippen LogP contribution is -2.21. The van der Waals surface area contributed by atoms with Gasteiger partial charge in [0.15, 0.2) is 5.78 Å². The fraction of sp³-hybridized carbons (Fsp3) is 0.353. The van der Waals surface area contributed by atoms with Crippen molar-refractivity contribution < 1.29 is 9.90 Å². The van der Waals surface area contributed by atoms with E-state index >= 15 is 0 Å². The summed E-state index contributed by atoms with van der Waals surface area (Å²) in [5.41, 5.74) is 2.78. The number of hydrogen-bond acceptors (Lipinski definition) is 2.